The van der Waals surface area contributed by atoms with Crippen molar-refractivity contribution in [2.45, 2.75) is 51.9 Å². The molecule has 4 nitrogen and oxygen atoms in total. The molecule has 0 radical (unpaired) electrons. The fourth-order valence-corrected chi connectivity index (χ4v) is 4.33. The van der Waals surface area contributed by atoms with Gasteiger partial charge >= 0.3 is 0 Å². The highest BCUT2D eigenvalue weighted by molar-refractivity contribution is 7.92. The molecule has 0 saturated carbocycles. The molecule has 0 unspecified atom stereocenters. The molecule has 2 rings (SSSR count). The Labute approximate surface area is 144 Å². The summed E-state index contributed by atoms with van der Waals surface area (Å²) >= 11 is 0. The molecule has 0 atom stereocenters. The first kappa shape index (κ1) is 18.3. The largest absolute Gasteiger partial charge is 0.508 e. The highest BCUT2D eigenvalue weighted by Crippen LogP contribution is 2.30. The molecule has 0 aliphatic carbocycles. The number of benzene rings is 2. The molecular weight excluding hydrogens is 322 g/mol. The van der Waals surface area contributed by atoms with Crippen LogP contribution in [0.4, 0.5) is 5.69 Å². The van der Waals surface area contributed by atoms with E-state index in [0.717, 1.165) is 11.1 Å². The number of anilines is 1. The minimum Gasteiger partial charge on any atom is -0.508 e. The summed E-state index contributed by atoms with van der Waals surface area (Å²) < 4.78 is 28.2. The minimum absolute atomic E-state index is 0.0317. The monoisotopic (exact) mass is 347 g/mol. The molecule has 0 fully saturated rings. The SMILES string of the molecule is Cc1cc(O)cc(NS(=O)(=O)c2c(C)cc(C(C)(C)C)cc2C)c1. The number of phenolic OH excluding ortho intramolecular Hbond substituents is 1. The van der Waals surface area contributed by atoms with E-state index in [0.29, 0.717) is 16.8 Å². The lowest BCUT2D eigenvalue weighted by atomic mass is 9.85. The standard InChI is InChI=1S/C19H25NO3S/c1-12-7-16(11-17(21)8-12)20-24(22,23)18-13(2)9-15(10-14(18)3)19(4,5)6/h7-11,20-21H,1-6H3. The summed E-state index contributed by atoms with van der Waals surface area (Å²) in [7, 11) is -3.73. The molecule has 24 heavy (non-hydrogen) atoms. The molecule has 2 aromatic carbocycles. The zero-order chi connectivity index (χ0) is 18.3. The van der Waals surface area contributed by atoms with Crippen LogP contribution in [0, 0.1) is 20.8 Å². The van der Waals surface area contributed by atoms with Crippen LogP contribution in [-0.4, -0.2) is 13.5 Å². The molecule has 2 aromatic rings. The number of aromatic hydroxyl groups is 1. The number of hydrogen-bond donors (Lipinski definition) is 2. The Morgan fingerprint density at radius 3 is 1.92 bits per heavy atom. The van der Waals surface area contributed by atoms with Gasteiger partial charge in [0.15, 0.2) is 0 Å². The van der Waals surface area contributed by atoms with E-state index in [4.69, 9.17) is 0 Å². The van der Waals surface area contributed by atoms with Crippen LogP contribution >= 0.6 is 0 Å². The Kier molecular flexibility index (Phi) is 4.68. The molecule has 0 spiro atoms. The van der Waals surface area contributed by atoms with Crippen LogP contribution in [0.2, 0.25) is 0 Å². The third-order valence-corrected chi connectivity index (χ3v) is 5.60. The van der Waals surface area contributed by atoms with Crippen LogP contribution < -0.4 is 4.72 Å². The molecule has 5 heteroatoms. The summed E-state index contributed by atoms with van der Waals surface area (Å²) in [4.78, 5) is 0.288. The number of phenols is 1. The highest BCUT2D eigenvalue weighted by Gasteiger charge is 2.23. The normalized spacial score (nSPS) is 12.2. The number of sulfonamides is 1. The first-order chi connectivity index (χ1) is 10.9. The van der Waals surface area contributed by atoms with Gasteiger partial charge < -0.3 is 5.11 Å². The van der Waals surface area contributed by atoms with E-state index in [9.17, 15) is 13.5 Å². The van der Waals surface area contributed by atoms with Crippen molar-refractivity contribution in [2.24, 2.45) is 0 Å². The smallest absolute Gasteiger partial charge is 0.262 e. The zero-order valence-corrected chi connectivity index (χ0v) is 15.9. The van der Waals surface area contributed by atoms with Crippen molar-refractivity contribution in [1.29, 1.82) is 0 Å². The highest BCUT2D eigenvalue weighted by atomic mass is 32.2. The second-order valence-corrected chi connectivity index (χ2v) is 8.97. The van der Waals surface area contributed by atoms with Gasteiger partial charge in [-0.3, -0.25) is 4.72 Å². The van der Waals surface area contributed by atoms with E-state index < -0.39 is 10.0 Å². The Hall–Kier alpha value is -2.01. The summed E-state index contributed by atoms with van der Waals surface area (Å²) in [6, 6.07) is 8.52. The van der Waals surface area contributed by atoms with Gasteiger partial charge in [0.2, 0.25) is 0 Å². The molecule has 0 heterocycles. The van der Waals surface area contributed by atoms with Crippen molar-refractivity contribution in [1.82, 2.24) is 0 Å². The third kappa shape index (κ3) is 3.90. The second-order valence-electron chi connectivity index (χ2n) is 7.35. The Morgan fingerprint density at radius 2 is 1.46 bits per heavy atom. The average Bonchev–Trinajstić information content (AvgIpc) is 2.33. The average molecular weight is 347 g/mol. The van der Waals surface area contributed by atoms with Gasteiger partial charge in [0.05, 0.1) is 10.6 Å². The summed E-state index contributed by atoms with van der Waals surface area (Å²) in [5, 5.41) is 9.66. The first-order valence-electron chi connectivity index (χ1n) is 7.85. The van der Waals surface area contributed by atoms with Crippen LogP contribution in [0.1, 0.15) is 43.0 Å². The maximum Gasteiger partial charge on any atom is 0.262 e. The summed E-state index contributed by atoms with van der Waals surface area (Å²) in [5.74, 6) is 0.0317. The van der Waals surface area contributed by atoms with E-state index in [1.165, 1.54) is 6.07 Å². The molecule has 0 amide bonds. The Morgan fingerprint density at radius 1 is 0.917 bits per heavy atom. The lowest BCUT2D eigenvalue weighted by Crippen LogP contribution is -2.18. The first-order valence-corrected chi connectivity index (χ1v) is 9.34. The maximum atomic E-state index is 12.8. The van der Waals surface area contributed by atoms with Crippen LogP contribution in [0.15, 0.2) is 35.2 Å². The number of hydrogen-bond acceptors (Lipinski definition) is 3. The summed E-state index contributed by atoms with van der Waals surface area (Å²) in [6.07, 6.45) is 0. The topological polar surface area (TPSA) is 66.4 Å². The maximum absolute atomic E-state index is 12.8. The van der Waals surface area contributed by atoms with Crippen molar-refractivity contribution in [3.8, 4) is 5.75 Å². The van der Waals surface area contributed by atoms with Gasteiger partial charge in [-0.25, -0.2) is 8.42 Å². The van der Waals surface area contributed by atoms with Gasteiger partial charge in [-0.05, 0) is 60.6 Å². The molecule has 0 saturated heterocycles. The third-order valence-electron chi connectivity index (χ3n) is 3.91. The summed E-state index contributed by atoms with van der Waals surface area (Å²) in [6.45, 7) is 11.7. The van der Waals surface area contributed by atoms with Crippen molar-refractivity contribution < 1.29 is 13.5 Å². The minimum atomic E-state index is -3.73. The molecule has 0 bridgehead atoms. The molecule has 130 valence electrons. The van der Waals surface area contributed by atoms with Gasteiger partial charge in [0.1, 0.15) is 5.75 Å². The predicted molar refractivity (Wildman–Crippen MR) is 98.3 cm³/mol. The van der Waals surface area contributed by atoms with Crippen LogP contribution in [0.5, 0.6) is 5.75 Å². The second kappa shape index (κ2) is 6.13. The molecule has 0 aromatic heterocycles. The molecule has 2 N–H and O–H groups in total. The quantitative estimate of drug-likeness (QED) is 0.864. The van der Waals surface area contributed by atoms with Crippen molar-refractivity contribution in [2.75, 3.05) is 4.72 Å². The van der Waals surface area contributed by atoms with E-state index in [1.807, 2.05) is 26.0 Å². The van der Waals surface area contributed by atoms with E-state index in [1.54, 1.807) is 19.1 Å². The molecule has 0 aliphatic heterocycles. The number of rotatable bonds is 3. The molecular formula is C19H25NO3S. The predicted octanol–water partition coefficient (Wildman–Crippen LogP) is 4.42. The number of nitrogens with one attached hydrogen (secondary N) is 1. The lowest BCUT2D eigenvalue weighted by Gasteiger charge is -2.22. The van der Waals surface area contributed by atoms with Gasteiger partial charge in [0.25, 0.3) is 10.0 Å². The lowest BCUT2D eigenvalue weighted by molar-refractivity contribution is 0.475. The Bertz CT molecular complexity index is 835. The van der Waals surface area contributed by atoms with Crippen molar-refractivity contribution in [3.05, 3.63) is 52.6 Å². The van der Waals surface area contributed by atoms with Gasteiger partial charge in [-0.2, -0.15) is 0 Å². The van der Waals surface area contributed by atoms with E-state index >= 15 is 0 Å². The van der Waals surface area contributed by atoms with Crippen molar-refractivity contribution in [3.63, 3.8) is 0 Å². The van der Waals surface area contributed by atoms with Gasteiger partial charge in [-0.1, -0.05) is 32.9 Å². The fourth-order valence-electron chi connectivity index (χ4n) is 2.84. The Balaban J connectivity index is 2.50. The molecule has 0 aliphatic rings. The van der Waals surface area contributed by atoms with Gasteiger partial charge in [0, 0.05) is 6.07 Å². The fraction of sp³-hybridized carbons (Fsp3) is 0.368. The number of aryl methyl sites for hydroxylation is 3. The van der Waals surface area contributed by atoms with E-state index in [2.05, 4.69) is 25.5 Å². The van der Waals surface area contributed by atoms with Crippen LogP contribution in [-0.2, 0) is 15.4 Å². The van der Waals surface area contributed by atoms with Gasteiger partial charge in [-0.15, -0.1) is 0 Å². The van der Waals surface area contributed by atoms with Crippen LogP contribution in [0.3, 0.4) is 0 Å². The summed E-state index contributed by atoms with van der Waals surface area (Å²) in [5.41, 5.74) is 3.61. The van der Waals surface area contributed by atoms with Crippen molar-refractivity contribution >= 4 is 15.7 Å². The zero-order valence-electron chi connectivity index (χ0n) is 15.1. The van der Waals surface area contributed by atoms with Crippen LogP contribution in [0.25, 0.3) is 0 Å². The van der Waals surface area contributed by atoms with E-state index in [-0.39, 0.29) is 16.1 Å².